The molecule has 1 fully saturated rings. The summed E-state index contributed by atoms with van der Waals surface area (Å²) < 4.78 is 0. The Bertz CT molecular complexity index is 475. The van der Waals surface area contributed by atoms with Gasteiger partial charge < -0.3 is 15.3 Å². The van der Waals surface area contributed by atoms with Gasteiger partial charge in [0.25, 0.3) is 5.91 Å². The summed E-state index contributed by atoms with van der Waals surface area (Å²) in [4.78, 5) is 26.0. The van der Waals surface area contributed by atoms with E-state index in [1.807, 2.05) is 11.4 Å². The van der Waals surface area contributed by atoms with Crippen molar-refractivity contribution in [2.45, 2.75) is 31.8 Å². The zero-order valence-corrected chi connectivity index (χ0v) is 13.1. The van der Waals surface area contributed by atoms with Crippen LogP contribution in [0.15, 0.2) is 17.5 Å². The number of carbonyl (C=O) groups is 2. The number of thiophene rings is 1. The Kier molecular flexibility index (Phi) is 5.76. The van der Waals surface area contributed by atoms with Crippen LogP contribution in [-0.2, 0) is 4.79 Å². The standard InChI is InChI=1S/C15H22N2O3S/c1-17(15(20)13-6-3-7-21-13)10-14(19)16-9-11-4-2-5-12(18)8-11/h3,6-7,11-12,18H,2,4-5,8-10H2,1H3,(H,16,19). The molecule has 0 radical (unpaired) electrons. The molecule has 0 spiro atoms. The van der Waals surface area contributed by atoms with E-state index < -0.39 is 0 Å². The molecule has 1 aromatic heterocycles. The number of aliphatic hydroxyl groups excluding tert-OH is 1. The van der Waals surface area contributed by atoms with Gasteiger partial charge >= 0.3 is 0 Å². The molecule has 0 aromatic carbocycles. The first-order chi connectivity index (χ1) is 10.1. The molecular formula is C15H22N2O3S. The molecule has 116 valence electrons. The predicted molar refractivity (Wildman–Crippen MR) is 82.3 cm³/mol. The second kappa shape index (κ2) is 7.56. The number of carbonyl (C=O) groups excluding carboxylic acids is 2. The molecule has 1 saturated carbocycles. The first kappa shape index (κ1) is 16.0. The number of likely N-dealkylation sites (N-methyl/N-ethyl adjacent to an activating group) is 1. The molecule has 1 aliphatic carbocycles. The van der Waals surface area contributed by atoms with E-state index in [1.165, 1.54) is 16.2 Å². The average molecular weight is 310 g/mol. The van der Waals surface area contributed by atoms with Gasteiger partial charge in [-0.15, -0.1) is 11.3 Å². The Morgan fingerprint density at radius 3 is 2.95 bits per heavy atom. The number of hydrogen-bond acceptors (Lipinski definition) is 4. The van der Waals surface area contributed by atoms with Crippen LogP contribution in [0.5, 0.6) is 0 Å². The van der Waals surface area contributed by atoms with Gasteiger partial charge in [-0.1, -0.05) is 12.5 Å². The number of nitrogens with zero attached hydrogens (tertiary/aromatic N) is 1. The monoisotopic (exact) mass is 310 g/mol. The average Bonchev–Trinajstić information content (AvgIpc) is 2.98. The third-order valence-electron chi connectivity index (χ3n) is 3.80. The van der Waals surface area contributed by atoms with Crippen LogP contribution >= 0.6 is 11.3 Å². The van der Waals surface area contributed by atoms with Crippen LogP contribution in [0.25, 0.3) is 0 Å². The van der Waals surface area contributed by atoms with E-state index in [0.717, 1.165) is 25.7 Å². The maximum absolute atomic E-state index is 12.0. The molecule has 0 saturated heterocycles. The molecule has 1 heterocycles. The Balaban J connectivity index is 1.72. The summed E-state index contributed by atoms with van der Waals surface area (Å²) in [7, 11) is 1.63. The molecule has 1 aromatic rings. The fraction of sp³-hybridized carbons (Fsp3) is 0.600. The molecular weight excluding hydrogens is 288 g/mol. The minimum atomic E-state index is -0.233. The van der Waals surface area contributed by atoms with E-state index in [9.17, 15) is 14.7 Å². The van der Waals surface area contributed by atoms with Crippen molar-refractivity contribution < 1.29 is 14.7 Å². The maximum atomic E-state index is 12.0. The van der Waals surface area contributed by atoms with Crippen LogP contribution in [0.3, 0.4) is 0 Å². The molecule has 6 heteroatoms. The Morgan fingerprint density at radius 1 is 1.48 bits per heavy atom. The molecule has 21 heavy (non-hydrogen) atoms. The second-order valence-electron chi connectivity index (χ2n) is 5.63. The highest BCUT2D eigenvalue weighted by Gasteiger charge is 2.21. The van der Waals surface area contributed by atoms with Crippen molar-refractivity contribution in [1.29, 1.82) is 0 Å². The lowest BCUT2D eigenvalue weighted by Gasteiger charge is -2.26. The molecule has 2 amide bonds. The normalized spacial score (nSPS) is 21.8. The molecule has 1 aliphatic rings. The number of nitrogens with one attached hydrogen (secondary N) is 1. The van der Waals surface area contributed by atoms with Crippen molar-refractivity contribution in [1.82, 2.24) is 10.2 Å². The first-order valence-corrected chi connectivity index (χ1v) is 8.18. The fourth-order valence-corrected chi connectivity index (χ4v) is 3.36. The Morgan fingerprint density at radius 2 is 2.29 bits per heavy atom. The van der Waals surface area contributed by atoms with Gasteiger partial charge in [0.2, 0.25) is 5.91 Å². The summed E-state index contributed by atoms with van der Waals surface area (Å²) in [5, 5.41) is 14.3. The molecule has 0 bridgehead atoms. The summed E-state index contributed by atoms with van der Waals surface area (Å²) in [6.07, 6.45) is 3.44. The van der Waals surface area contributed by atoms with E-state index in [4.69, 9.17) is 0 Å². The van der Waals surface area contributed by atoms with Gasteiger partial charge in [-0.25, -0.2) is 0 Å². The zero-order valence-electron chi connectivity index (χ0n) is 12.2. The van der Waals surface area contributed by atoms with Gasteiger partial charge in [-0.2, -0.15) is 0 Å². The number of rotatable bonds is 5. The van der Waals surface area contributed by atoms with Gasteiger partial charge in [0.05, 0.1) is 17.5 Å². The van der Waals surface area contributed by atoms with Crippen LogP contribution < -0.4 is 5.32 Å². The highest BCUT2D eigenvalue weighted by atomic mass is 32.1. The lowest BCUT2D eigenvalue weighted by Crippen LogP contribution is -2.40. The molecule has 2 unspecified atom stereocenters. The quantitative estimate of drug-likeness (QED) is 0.865. The Hall–Kier alpha value is -1.40. The summed E-state index contributed by atoms with van der Waals surface area (Å²) in [5.41, 5.74) is 0. The van der Waals surface area contributed by atoms with Crippen molar-refractivity contribution >= 4 is 23.2 Å². The summed E-state index contributed by atoms with van der Waals surface area (Å²) >= 11 is 1.37. The highest BCUT2D eigenvalue weighted by Crippen LogP contribution is 2.23. The highest BCUT2D eigenvalue weighted by molar-refractivity contribution is 7.12. The maximum Gasteiger partial charge on any atom is 0.264 e. The summed E-state index contributed by atoms with van der Waals surface area (Å²) in [6, 6.07) is 3.57. The van der Waals surface area contributed by atoms with Crippen LogP contribution in [0.2, 0.25) is 0 Å². The third kappa shape index (κ3) is 4.82. The Labute approximate surface area is 129 Å². The van der Waals surface area contributed by atoms with Crippen molar-refractivity contribution in [3.05, 3.63) is 22.4 Å². The molecule has 2 N–H and O–H groups in total. The first-order valence-electron chi connectivity index (χ1n) is 7.30. The van der Waals surface area contributed by atoms with E-state index >= 15 is 0 Å². The smallest absolute Gasteiger partial charge is 0.264 e. The minimum absolute atomic E-state index is 0.0615. The number of hydrogen-bond donors (Lipinski definition) is 2. The number of amides is 2. The van der Waals surface area contributed by atoms with Gasteiger partial charge in [0.1, 0.15) is 0 Å². The SMILES string of the molecule is CN(CC(=O)NCC1CCCC(O)C1)C(=O)c1cccs1. The molecule has 2 rings (SSSR count). The summed E-state index contributed by atoms with van der Waals surface area (Å²) in [6.45, 7) is 0.642. The molecule has 2 atom stereocenters. The van der Waals surface area contributed by atoms with E-state index in [-0.39, 0.29) is 24.5 Å². The minimum Gasteiger partial charge on any atom is -0.393 e. The predicted octanol–water partition coefficient (Wildman–Crippen LogP) is 1.49. The second-order valence-corrected chi connectivity index (χ2v) is 6.58. The number of aliphatic hydroxyl groups is 1. The van der Waals surface area contributed by atoms with Crippen molar-refractivity contribution in [2.24, 2.45) is 5.92 Å². The van der Waals surface area contributed by atoms with Crippen LogP contribution in [0.4, 0.5) is 0 Å². The van der Waals surface area contributed by atoms with Gasteiger partial charge in [0, 0.05) is 13.6 Å². The lowest BCUT2D eigenvalue weighted by molar-refractivity contribution is -0.121. The van der Waals surface area contributed by atoms with Gasteiger partial charge in [-0.05, 0) is 36.6 Å². The lowest BCUT2D eigenvalue weighted by atomic mass is 9.87. The van der Waals surface area contributed by atoms with E-state index in [2.05, 4.69) is 5.32 Å². The molecule has 5 nitrogen and oxygen atoms in total. The van der Waals surface area contributed by atoms with Gasteiger partial charge in [0.15, 0.2) is 0 Å². The zero-order chi connectivity index (χ0) is 15.2. The molecule has 0 aliphatic heterocycles. The van der Waals surface area contributed by atoms with Crippen molar-refractivity contribution in [2.75, 3.05) is 20.1 Å². The van der Waals surface area contributed by atoms with Crippen LogP contribution in [0.1, 0.15) is 35.4 Å². The fourth-order valence-electron chi connectivity index (χ4n) is 2.64. The van der Waals surface area contributed by atoms with Crippen molar-refractivity contribution in [3.63, 3.8) is 0 Å². The van der Waals surface area contributed by atoms with Crippen molar-refractivity contribution in [3.8, 4) is 0 Å². The van der Waals surface area contributed by atoms with Gasteiger partial charge in [-0.3, -0.25) is 9.59 Å². The summed E-state index contributed by atoms with van der Waals surface area (Å²) in [5.74, 6) is 0.0618. The topological polar surface area (TPSA) is 69.6 Å². The third-order valence-corrected chi connectivity index (χ3v) is 4.66. The largest absolute Gasteiger partial charge is 0.393 e. The van der Waals surface area contributed by atoms with Crippen LogP contribution in [0, 0.1) is 5.92 Å². The van der Waals surface area contributed by atoms with Crippen LogP contribution in [-0.4, -0.2) is 48.1 Å². The van der Waals surface area contributed by atoms with E-state index in [0.29, 0.717) is 17.3 Å². The van der Waals surface area contributed by atoms with E-state index in [1.54, 1.807) is 13.1 Å².